The average Bonchev–Trinajstić information content (AvgIpc) is 2.52. The van der Waals surface area contributed by atoms with E-state index in [4.69, 9.17) is 0 Å². The number of amides is 2. The van der Waals surface area contributed by atoms with E-state index in [9.17, 15) is 4.79 Å². The lowest BCUT2D eigenvalue weighted by atomic mass is 9.75. The second kappa shape index (κ2) is 7.67. The molecule has 0 radical (unpaired) electrons. The van der Waals surface area contributed by atoms with Gasteiger partial charge in [-0.05, 0) is 51.6 Å². The molecule has 1 heterocycles. The number of likely N-dealkylation sites (N-methyl/N-ethyl adjacent to an activating group) is 1. The van der Waals surface area contributed by atoms with Crippen molar-refractivity contribution in [2.45, 2.75) is 64.3 Å². The molecular weight excluding hydrogens is 274 g/mol. The van der Waals surface area contributed by atoms with E-state index in [0.717, 1.165) is 32.0 Å². The molecule has 128 valence electrons. The van der Waals surface area contributed by atoms with Gasteiger partial charge in [0.05, 0.1) is 0 Å². The van der Waals surface area contributed by atoms with Gasteiger partial charge >= 0.3 is 6.03 Å². The van der Waals surface area contributed by atoms with Crippen LogP contribution in [0.5, 0.6) is 0 Å². The summed E-state index contributed by atoms with van der Waals surface area (Å²) in [6.07, 6.45) is 8.61. The van der Waals surface area contributed by atoms with Crippen molar-refractivity contribution in [3.63, 3.8) is 0 Å². The summed E-state index contributed by atoms with van der Waals surface area (Å²) in [7, 11) is 4.33. The molecule has 2 rings (SSSR count). The Balaban J connectivity index is 1.90. The van der Waals surface area contributed by atoms with Gasteiger partial charge in [-0.25, -0.2) is 4.79 Å². The lowest BCUT2D eigenvalue weighted by molar-refractivity contribution is 0.0741. The standard InChI is InChI=1S/C18H35N3O/c1-5-16-9-7-11-21(13-16)17(22)19-14-18(20(3)4)10-6-8-15(2)12-18/h15-16H,5-14H2,1-4H3,(H,19,22)/t15-,16+,18+/m0/s1. The maximum absolute atomic E-state index is 12.5. The molecule has 4 heteroatoms. The maximum Gasteiger partial charge on any atom is 0.317 e. The largest absolute Gasteiger partial charge is 0.336 e. The van der Waals surface area contributed by atoms with Crippen LogP contribution in [-0.4, -0.2) is 55.1 Å². The molecule has 3 atom stereocenters. The number of piperidine rings is 1. The monoisotopic (exact) mass is 309 g/mol. The highest BCUT2D eigenvalue weighted by atomic mass is 16.2. The Morgan fingerprint density at radius 2 is 2.09 bits per heavy atom. The molecule has 0 bridgehead atoms. The van der Waals surface area contributed by atoms with Gasteiger partial charge in [0.25, 0.3) is 0 Å². The second-order valence-electron chi connectivity index (χ2n) is 7.84. The van der Waals surface area contributed by atoms with Crippen LogP contribution in [0.1, 0.15) is 58.8 Å². The van der Waals surface area contributed by atoms with Crippen LogP contribution in [0.15, 0.2) is 0 Å². The first-order valence-corrected chi connectivity index (χ1v) is 9.17. The third-order valence-corrected chi connectivity index (χ3v) is 5.97. The van der Waals surface area contributed by atoms with Gasteiger partial charge < -0.3 is 15.1 Å². The lowest BCUT2D eigenvalue weighted by Gasteiger charge is -2.45. The molecule has 2 aliphatic rings. The summed E-state index contributed by atoms with van der Waals surface area (Å²) < 4.78 is 0. The molecule has 0 aromatic carbocycles. The Hall–Kier alpha value is -0.770. The van der Waals surface area contributed by atoms with Gasteiger partial charge in [0.15, 0.2) is 0 Å². The number of hydrogen-bond donors (Lipinski definition) is 1. The van der Waals surface area contributed by atoms with Crippen molar-refractivity contribution in [2.75, 3.05) is 33.7 Å². The third kappa shape index (κ3) is 4.15. The van der Waals surface area contributed by atoms with Gasteiger partial charge in [0.1, 0.15) is 0 Å². The van der Waals surface area contributed by atoms with Crippen LogP contribution >= 0.6 is 0 Å². The minimum absolute atomic E-state index is 0.146. The van der Waals surface area contributed by atoms with Crippen molar-refractivity contribution < 1.29 is 4.79 Å². The van der Waals surface area contributed by atoms with Crippen LogP contribution < -0.4 is 5.32 Å². The first-order valence-electron chi connectivity index (χ1n) is 9.17. The highest BCUT2D eigenvalue weighted by Gasteiger charge is 2.37. The minimum Gasteiger partial charge on any atom is -0.336 e. The molecule has 2 fully saturated rings. The van der Waals surface area contributed by atoms with E-state index in [0.29, 0.717) is 5.92 Å². The number of nitrogens with zero attached hydrogens (tertiary/aromatic N) is 2. The Kier molecular flexibility index (Phi) is 6.13. The van der Waals surface area contributed by atoms with Crippen molar-refractivity contribution in [2.24, 2.45) is 11.8 Å². The second-order valence-corrected chi connectivity index (χ2v) is 7.84. The van der Waals surface area contributed by atoms with E-state index >= 15 is 0 Å². The van der Waals surface area contributed by atoms with Crippen molar-refractivity contribution in [1.29, 1.82) is 0 Å². The van der Waals surface area contributed by atoms with Gasteiger partial charge in [-0.2, -0.15) is 0 Å². The molecule has 2 amide bonds. The Bertz CT molecular complexity index is 371. The number of nitrogens with one attached hydrogen (secondary N) is 1. The fourth-order valence-electron chi connectivity index (χ4n) is 4.29. The van der Waals surface area contributed by atoms with Gasteiger partial charge in [-0.1, -0.05) is 33.1 Å². The van der Waals surface area contributed by atoms with Gasteiger partial charge in [0, 0.05) is 25.2 Å². The van der Waals surface area contributed by atoms with E-state index in [1.54, 1.807) is 0 Å². The van der Waals surface area contributed by atoms with E-state index in [1.807, 2.05) is 4.90 Å². The number of hydrogen-bond acceptors (Lipinski definition) is 2. The third-order valence-electron chi connectivity index (χ3n) is 5.97. The van der Waals surface area contributed by atoms with E-state index < -0.39 is 0 Å². The lowest BCUT2D eigenvalue weighted by Crippen LogP contribution is -2.57. The Morgan fingerprint density at radius 1 is 1.32 bits per heavy atom. The summed E-state index contributed by atoms with van der Waals surface area (Å²) in [4.78, 5) is 16.9. The molecule has 1 N–H and O–H groups in total. The highest BCUT2D eigenvalue weighted by molar-refractivity contribution is 5.74. The van der Waals surface area contributed by atoms with E-state index in [-0.39, 0.29) is 11.6 Å². The zero-order valence-corrected chi connectivity index (χ0v) is 15.0. The van der Waals surface area contributed by atoms with Crippen molar-refractivity contribution >= 4 is 6.03 Å². The Labute approximate surface area is 136 Å². The molecule has 0 aromatic rings. The minimum atomic E-state index is 0.146. The normalized spacial score (nSPS) is 33.0. The molecule has 0 aromatic heterocycles. The number of likely N-dealkylation sites (tertiary alicyclic amines) is 1. The van der Waals surface area contributed by atoms with E-state index in [1.165, 1.54) is 38.5 Å². The van der Waals surface area contributed by atoms with Crippen LogP contribution in [0, 0.1) is 11.8 Å². The summed E-state index contributed by atoms with van der Waals surface area (Å²) in [6.45, 7) is 7.23. The molecule has 0 spiro atoms. The van der Waals surface area contributed by atoms with Gasteiger partial charge in [-0.15, -0.1) is 0 Å². The van der Waals surface area contributed by atoms with Crippen LogP contribution in [-0.2, 0) is 0 Å². The maximum atomic E-state index is 12.5. The summed E-state index contributed by atoms with van der Waals surface area (Å²) in [5, 5.41) is 3.25. The van der Waals surface area contributed by atoms with Crippen LogP contribution in [0.2, 0.25) is 0 Å². The molecule has 1 saturated heterocycles. The molecule has 22 heavy (non-hydrogen) atoms. The number of rotatable bonds is 4. The number of urea groups is 1. The fraction of sp³-hybridized carbons (Fsp3) is 0.944. The average molecular weight is 309 g/mol. The first kappa shape index (κ1) is 17.6. The summed E-state index contributed by atoms with van der Waals surface area (Å²) >= 11 is 0. The molecule has 1 saturated carbocycles. The van der Waals surface area contributed by atoms with E-state index in [2.05, 4.69) is 38.2 Å². The summed E-state index contributed by atoms with van der Waals surface area (Å²) in [6, 6.07) is 0.151. The zero-order valence-electron chi connectivity index (χ0n) is 15.0. The molecular formula is C18H35N3O. The fourth-order valence-corrected chi connectivity index (χ4v) is 4.29. The molecule has 4 nitrogen and oxygen atoms in total. The number of carbonyl (C=O) groups excluding carboxylic acids is 1. The van der Waals surface area contributed by atoms with Crippen LogP contribution in [0.25, 0.3) is 0 Å². The summed E-state index contributed by atoms with van der Waals surface area (Å²) in [5.74, 6) is 1.45. The van der Waals surface area contributed by atoms with Crippen LogP contribution in [0.3, 0.4) is 0 Å². The molecule has 1 aliphatic carbocycles. The number of carbonyl (C=O) groups is 1. The van der Waals surface area contributed by atoms with Crippen LogP contribution in [0.4, 0.5) is 4.79 Å². The van der Waals surface area contributed by atoms with Crippen molar-refractivity contribution in [1.82, 2.24) is 15.1 Å². The van der Waals surface area contributed by atoms with Crippen molar-refractivity contribution in [3.8, 4) is 0 Å². The molecule has 1 aliphatic heterocycles. The molecule has 0 unspecified atom stereocenters. The topological polar surface area (TPSA) is 35.6 Å². The smallest absolute Gasteiger partial charge is 0.317 e. The van der Waals surface area contributed by atoms with Crippen molar-refractivity contribution in [3.05, 3.63) is 0 Å². The predicted octanol–water partition coefficient (Wildman–Crippen LogP) is 3.33. The SMILES string of the molecule is CC[C@@H]1CCCN(C(=O)NC[C@@]2(N(C)C)CCC[C@H](C)C2)C1. The van der Waals surface area contributed by atoms with Gasteiger partial charge in [-0.3, -0.25) is 0 Å². The first-order chi connectivity index (χ1) is 10.5. The Morgan fingerprint density at radius 3 is 2.73 bits per heavy atom. The zero-order chi connectivity index (χ0) is 16.2. The predicted molar refractivity (Wildman–Crippen MR) is 92.0 cm³/mol. The quantitative estimate of drug-likeness (QED) is 0.864. The highest BCUT2D eigenvalue weighted by Crippen LogP contribution is 2.35. The summed E-state index contributed by atoms with van der Waals surface area (Å²) in [5.41, 5.74) is 0.146. The van der Waals surface area contributed by atoms with Gasteiger partial charge in [0.2, 0.25) is 0 Å².